The smallest absolute Gasteiger partial charge is 0.256 e. The molecule has 100 valence electrons. The molecule has 1 aromatic carbocycles. The van der Waals surface area contributed by atoms with E-state index in [0.717, 1.165) is 36.1 Å². The average Bonchev–Trinajstić information content (AvgIpc) is 2.76. The molecule has 2 aromatic rings. The first-order valence-electron chi connectivity index (χ1n) is 6.73. The van der Waals surface area contributed by atoms with E-state index in [1.165, 1.54) is 0 Å². The van der Waals surface area contributed by atoms with E-state index in [-0.39, 0.29) is 5.91 Å². The highest BCUT2D eigenvalue weighted by atomic mass is 16.2. The molecule has 1 amide bonds. The zero-order valence-electron chi connectivity index (χ0n) is 11.4. The average molecular weight is 257 g/mol. The number of aromatic nitrogens is 1. The van der Waals surface area contributed by atoms with Crippen LogP contribution in [0.25, 0.3) is 10.9 Å². The Morgan fingerprint density at radius 2 is 2.16 bits per heavy atom. The first-order valence-corrected chi connectivity index (χ1v) is 6.73. The molecule has 0 saturated carbocycles. The Bertz CT molecular complexity index is 617. The SMILES string of the molecule is C[C@H]1CN(C(=O)c2cn(C)c3ccccc23)CCN1. The Hall–Kier alpha value is -1.81. The second kappa shape index (κ2) is 4.70. The largest absolute Gasteiger partial charge is 0.350 e. The Labute approximate surface area is 113 Å². The number of nitrogens with one attached hydrogen (secondary N) is 1. The van der Waals surface area contributed by atoms with Gasteiger partial charge in [0.2, 0.25) is 0 Å². The molecular formula is C15H19N3O. The highest BCUT2D eigenvalue weighted by molar-refractivity contribution is 6.07. The van der Waals surface area contributed by atoms with Crippen molar-refractivity contribution in [3.63, 3.8) is 0 Å². The lowest BCUT2D eigenvalue weighted by Crippen LogP contribution is -2.51. The van der Waals surface area contributed by atoms with Crippen molar-refractivity contribution >= 4 is 16.8 Å². The number of para-hydroxylation sites is 1. The lowest BCUT2D eigenvalue weighted by atomic mass is 10.1. The van der Waals surface area contributed by atoms with Crippen LogP contribution in [0.15, 0.2) is 30.5 Å². The van der Waals surface area contributed by atoms with Crippen LogP contribution in [0.5, 0.6) is 0 Å². The van der Waals surface area contributed by atoms with Crippen molar-refractivity contribution in [2.75, 3.05) is 19.6 Å². The number of fused-ring (bicyclic) bond motifs is 1. The third kappa shape index (κ3) is 2.12. The van der Waals surface area contributed by atoms with Gasteiger partial charge in [0.1, 0.15) is 0 Å². The van der Waals surface area contributed by atoms with Gasteiger partial charge in [-0.2, -0.15) is 0 Å². The number of piperazine rings is 1. The quantitative estimate of drug-likeness (QED) is 0.843. The molecule has 0 spiro atoms. The Balaban J connectivity index is 1.97. The number of benzene rings is 1. The van der Waals surface area contributed by atoms with E-state index in [1.54, 1.807) is 0 Å². The van der Waals surface area contributed by atoms with E-state index < -0.39 is 0 Å². The molecule has 4 nitrogen and oxygen atoms in total. The number of amides is 1. The Morgan fingerprint density at radius 1 is 1.37 bits per heavy atom. The van der Waals surface area contributed by atoms with Crippen LogP contribution in [0.2, 0.25) is 0 Å². The summed E-state index contributed by atoms with van der Waals surface area (Å²) in [6.45, 7) is 4.55. The van der Waals surface area contributed by atoms with Crippen LogP contribution >= 0.6 is 0 Å². The summed E-state index contributed by atoms with van der Waals surface area (Å²) in [6, 6.07) is 8.43. The summed E-state index contributed by atoms with van der Waals surface area (Å²) in [5.41, 5.74) is 1.92. The van der Waals surface area contributed by atoms with Crippen molar-refractivity contribution in [1.29, 1.82) is 0 Å². The standard InChI is InChI=1S/C15H19N3O/c1-11-9-18(8-7-16-11)15(19)13-10-17(2)14-6-4-3-5-12(13)14/h3-6,10-11,16H,7-9H2,1-2H3/t11-/m0/s1. The van der Waals surface area contributed by atoms with Crippen molar-refractivity contribution in [2.24, 2.45) is 7.05 Å². The van der Waals surface area contributed by atoms with E-state index >= 15 is 0 Å². The van der Waals surface area contributed by atoms with Crippen molar-refractivity contribution in [1.82, 2.24) is 14.8 Å². The van der Waals surface area contributed by atoms with E-state index in [2.05, 4.69) is 12.2 Å². The summed E-state index contributed by atoms with van der Waals surface area (Å²) < 4.78 is 2.02. The van der Waals surface area contributed by atoms with Gasteiger partial charge in [0.05, 0.1) is 5.56 Å². The number of nitrogens with zero attached hydrogens (tertiary/aromatic N) is 2. The fourth-order valence-electron chi connectivity index (χ4n) is 2.80. The highest BCUT2D eigenvalue weighted by Gasteiger charge is 2.23. The molecular weight excluding hydrogens is 238 g/mol. The minimum atomic E-state index is 0.144. The van der Waals surface area contributed by atoms with E-state index in [9.17, 15) is 4.79 Å². The number of hydrogen-bond acceptors (Lipinski definition) is 2. The van der Waals surface area contributed by atoms with Crippen LogP contribution in [0.3, 0.4) is 0 Å². The first kappa shape index (κ1) is 12.2. The summed E-state index contributed by atoms with van der Waals surface area (Å²) in [5.74, 6) is 0.144. The number of hydrogen-bond donors (Lipinski definition) is 1. The number of carbonyl (C=O) groups excluding carboxylic acids is 1. The van der Waals surface area contributed by atoms with Gasteiger partial charge in [-0.1, -0.05) is 18.2 Å². The minimum absolute atomic E-state index is 0.144. The predicted octanol–water partition coefficient (Wildman–Crippen LogP) is 1.61. The topological polar surface area (TPSA) is 37.3 Å². The molecule has 2 heterocycles. The predicted molar refractivity (Wildman–Crippen MR) is 76.3 cm³/mol. The molecule has 1 aliphatic heterocycles. The van der Waals surface area contributed by atoms with Crippen molar-refractivity contribution in [3.05, 3.63) is 36.0 Å². The van der Waals surface area contributed by atoms with Gasteiger partial charge in [0.15, 0.2) is 0 Å². The molecule has 1 N–H and O–H groups in total. The molecule has 1 saturated heterocycles. The van der Waals surface area contributed by atoms with E-state index in [1.807, 2.05) is 47.0 Å². The summed E-state index contributed by atoms with van der Waals surface area (Å²) >= 11 is 0. The number of aryl methyl sites for hydroxylation is 1. The van der Waals surface area contributed by atoms with Crippen LogP contribution in [0, 0.1) is 0 Å². The molecule has 1 fully saturated rings. The summed E-state index contributed by atoms with van der Waals surface area (Å²) in [5, 5.41) is 4.40. The molecule has 0 radical (unpaired) electrons. The van der Waals surface area contributed by atoms with Gasteiger partial charge in [-0.25, -0.2) is 0 Å². The zero-order chi connectivity index (χ0) is 13.4. The van der Waals surface area contributed by atoms with Gasteiger partial charge in [0.25, 0.3) is 5.91 Å². The molecule has 1 aliphatic rings. The summed E-state index contributed by atoms with van der Waals surface area (Å²) in [4.78, 5) is 14.6. The van der Waals surface area contributed by atoms with Gasteiger partial charge in [-0.15, -0.1) is 0 Å². The number of carbonyl (C=O) groups is 1. The van der Waals surface area contributed by atoms with Gasteiger partial charge in [-0.3, -0.25) is 4.79 Å². The maximum atomic E-state index is 12.7. The third-order valence-corrected chi connectivity index (χ3v) is 3.78. The van der Waals surface area contributed by atoms with Crippen molar-refractivity contribution < 1.29 is 4.79 Å². The number of rotatable bonds is 1. The van der Waals surface area contributed by atoms with E-state index in [0.29, 0.717) is 6.04 Å². The van der Waals surface area contributed by atoms with Gasteiger partial charge in [0, 0.05) is 49.8 Å². The summed E-state index contributed by atoms with van der Waals surface area (Å²) in [7, 11) is 1.99. The van der Waals surface area contributed by atoms with Crippen molar-refractivity contribution in [2.45, 2.75) is 13.0 Å². The molecule has 0 unspecified atom stereocenters. The lowest BCUT2D eigenvalue weighted by Gasteiger charge is -2.31. The summed E-state index contributed by atoms with van der Waals surface area (Å²) in [6.07, 6.45) is 1.94. The van der Waals surface area contributed by atoms with Crippen LogP contribution < -0.4 is 5.32 Å². The van der Waals surface area contributed by atoms with Gasteiger partial charge >= 0.3 is 0 Å². The van der Waals surface area contributed by atoms with Crippen molar-refractivity contribution in [3.8, 4) is 0 Å². The molecule has 19 heavy (non-hydrogen) atoms. The molecule has 0 bridgehead atoms. The minimum Gasteiger partial charge on any atom is -0.350 e. The van der Waals surface area contributed by atoms with E-state index in [4.69, 9.17) is 0 Å². The van der Waals surface area contributed by atoms with Crippen LogP contribution in [0.4, 0.5) is 0 Å². The second-order valence-corrected chi connectivity index (χ2v) is 5.28. The maximum absolute atomic E-state index is 12.7. The van der Waals surface area contributed by atoms with Gasteiger partial charge in [-0.05, 0) is 13.0 Å². The fourth-order valence-corrected chi connectivity index (χ4v) is 2.80. The van der Waals surface area contributed by atoms with Crippen LogP contribution in [-0.2, 0) is 7.05 Å². The Morgan fingerprint density at radius 3 is 2.95 bits per heavy atom. The molecule has 0 aliphatic carbocycles. The molecule has 1 atom stereocenters. The first-order chi connectivity index (χ1) is 9.16. The molecule has 3 rings (SSSR count). The van der Waals surface area contributed by atoms with Gasteiger partial charge < -0.3 is 14.8 Å². The highest BCUT2D eigenvalue weighted by Crippen LogP contribution is 2.22. The zero-order valence-corrected chi connectivity index (χ0v) is 11.4. The lowest BCUT2D eigenvalue weighted by molar-refractivity contribution is 0.0711. The van der Waals surface area contributed by atoms with Crippen LogP contribution in [0.1, 0.15) is 17.3 Å². The second-order valence-electron chi connectivity index (χ2n) is 5.28. The van der Waals surface area contributed by atoms with Crippen LogP contribution in [-0.4, -0.2) is 41.1 Å². The third-order valence-electron chi connectivity index (χ3n) is 3.78. The fraction of sp³-hybridized carbons (Fsp3) is 0.400. The normalized spacial score (nSPS) is 19.9. The molecule has 4 heteroatoms. The monoisotopic (exact) mass is 257 g/mol. The Kier molecular flexibility index (Phi) is 3.03. The molecule has 1 aromatic heterocycles. The maximum Gasteiger partial charge on any atom is 0.256 e.